The Bertz CT molecular complexity index is 1020. The number of nitrogens with one attached hydrogen (secondary N) is 2. The second-order valence-electron chi connectivity index (χ2n) is 8.22. The van der Waals surface area contributed by atoms with Crippen LogP contribution in [0.4, 0.5) is 0 Å². The molecule has 3 aromatic rings. The van der Waals surface area contributed by atoms with E-state index in [4.69, 9.17) is 4.42 Å². The minimum atomic E-state index is -0.364. The summed E-state index contributed by atoms with van der Waals surface area (Å²) < 4.78 is 5.34. The summed E-state index contributed by atoms with van der Waals surface area (Å²) in [5.74, 6) is -0.237. The van der Waals surface area contributed by atoms with E-state index in [0.717, 1.165) is 6.42 Å². The van der Waals surface area contributed by atoms with Crippen LogP contribution in [0, 0.1) is 0 Å². The molecule has 0 aliphatic heterocycles. The highest BCUT2D eigenvalue weighted by molar-refractivity contribution is 6.05. The SMILES string of the molecule is CC(CC(C)(C)c1ccccc1)NC(=O)/C(=C/c1ccco1)NC(=O)c1ccccc1. The van der Waals surface area contributed by atoms with E-state index in [-0.39, 0.29) is 29.0 Å². The molecule has 1 unspecified atom stereocenters. The molecule has 1 atom stereocenters. The monoisotopic (exact) mass is 416 g/mol. The van der Waals surface area contributed by atoms with E-state index in [1.165, 1.54) is 17.9 Å². The number of hydrogen-bond donors (Lipinski definition) is 2. The molecule has 0 radical (unpaired) electrons. The molecule has 0 fully saturated rings. The maximum Gasteiger partial charge on any atom is 0.268 e. The molecular formula is C26H28N2O3. The van der Waals surface area contributed by atoms with Gasteiger partial charge >= 0.3 is 0 Å². The van der Waals surface area contributed by atoms with Gasteiger partial charge in [-0.05, 0) is 48.6 Å². The van der Waals surface area contributed by atoms with Crippen LogP contribution in [-0.2, 0) is 10.2 Å². The van der Waals surface area contributed by atoms with Crippen molar-refractivity contribution in [2.75, 3.05) is 0 Å². The average Bonchev–Trinajstić information content (AvgIpc) is 3.27. The first-order chi connectivity index (χ1) is 14.8. The molecule has 1 heterocycles. The molecular weight excluding hydrogens is 388 g/mol. The normalized spacial score (nSPS) is 12.8. The number of furan rings is 1. The lowest BCUT2D eigenvalue weighted by Crippen LogP contribution is -2.41. The number of amides is 2. The largest absolute Gasteiger partial charge is 0.465 e. The van der Waals surface area contributed by atoms with Gasteiger partial charge in [0.1, 0.15) is 11.5 Å². The van der Waals surface area contributed by atoms with E-state index in [2.05, 4.69) is 36.6 Å². The van der Waals surface area contributed by atoms with Gasteiger partial charge in [-0.3, -0.25) is 9.59 Å². The summed E-state index contributed by atoms with van der Waals surface area (Å²) in [6.45, 7) is 6.27. The Morgan fingerprint density at radius 2 is 1.61 bits per heavy atom. The fourth-order valence-corrected chi connectivity index (χ4v) is 3.58. The summed E-state index contributed by atoms with van der Waals surface area (Å²) in [6.07, 6.45) is 3.79. The molecule has 0 saturated carbocycles. The fraction of sp³-hybridized carbons (Fsp3) is 0.231. The maximum absolute atomic E-state index is 13.0. The van der Waals surface area contributed by atoms with Gasteiger partial charge in [0.05, 0.1) is 6.26 Å². The van der Waals surface area contributed by atoms with Crippen LogP contribution in [0.3, 0.4) is 0 Å². The summed E-state index contributed by atoms with van der Waals surface area (Å²) >= 11 is 0. The molecule has 2 aromatic carbocycles. The van der Waals surface area contributed by atoms with Crippen molar-refractivity contribution in [3.63, 3.8) is 0 Å². The second-order valence-corrected chi connectivity index (χ2v) is 8.22. The van der Waals surface area contributed by atoms with Crippen LogP contribution in [0.15, 0.2) is 89.2 Å². The molecule has 0 saturated heterocycles. The summed E-state index contributed by atoms with van der Waals surface area (Å²) in [6, 6.07) is 22.3. The number of benzene rings is 2. The third-order valence-electron chi connectivity index (χ3n) is 5.11. The first-order valence-corrected chi connectivity index (χ1v) is 10.3. The third kappa shape index (κ3) is 6.19. The number of carbonyl (C=O) groups is 2. The molecule has 2 N–H and O–H groups in total. The van der Waals surface area contributed by atoms with Crippen LogP contribution >= 0.6 is 0 Å². The fourth-order valence-electron chi connectivity index (χ4n) is 3.58. The first kappa shape index (κ1) is 22.1. The van der Waals surface area contributed by atoms with Gasteiger partial charge < -0.3 is 15.1 Å². The van der Waals surface area contributed by atoms with Crippen molar-refractivity contribution < 1.29 is 14.0 Å². The quantitative estimate of drug-likeness (QED) is 0.512. The minimum absolute atomic E-state index is 0.115. The topological polar surface area (TPSA) is 71.3 Å². The van der Waals surface area contributed by atoms with Crippen molar-refractivity contribution in [2.24, 2.45) is 0 Å². The molecule has 160 valence electrons. The smallest absolute Gasteiger partial charge is 0.268 e. The zero-order valence-corrected chi connectivity index (χ0v) is 18.1. The lowest BCUT2D eigenvalue weighted by atomic mass is 9.79. The zero-order chi connectivity index (χ0) is 22.3. The highest BCUT2D eigenvalue weighted by Crippen LogP contribution is 2.28. The molecule has 0 aliphatic rings. The van der Waals surface area contributed by atoms with Crippen LogP contribution in [0.25, 0.3) is 6.08 Å². The Kier molecular flexibility index (Phi) is 7.08. The lowest BCUT2D eigenvalue weighted by Gasteiger charge is -2.29. The van der Waals surface area contributed by atoms with Crippen LogP contribution in [0.2, 0.25) is 0 Å². The van der Waals surface area contributed by atoms with E-state index in [1.54, 1.807) is 36.4 Å². The van der Waals surface area contributed by atoms with Crippen LogP contribution in [0.1, 0.15) is 48.9 Å². The van der Waals surface area contributed by atoms with Gasteiger partial charge in [-0.15, -0.1) is 0 Å². The van der Waals surface area contributed by atoms with E-state index in [1.807, 2.05) is 31.2 Å². The number of carbonyl (C=O) groups excluding carboxylic acids is 2. The highest BCUT2D eigenvalue weighted by Gasteiger charge is 2.25. The van der Waals surface area contributed by atoms with Crippen molar-refractivity contribution in [2.45, 2.75) is 38.6 Å². The average molecular weight is 417 g/mol. The molecule has 3 rings (SSSR count). The number of rotatable bonds is 8. The summed E-state index contributed by atoms with van der Waals surface area (Å²) in [5.41, 5.74) is 1.69. The number of hydrogen-bond acceptors (Lipinski definition) is 3. The van der Waals surface area contributed by atoms with Gasteiger partial charge in [-0.25, -0.2) is 0 Å². The standard InChI is InChI=1S/C26H28N2O3/c1-19(18-26(2,3)21-13-8-5-9-14-21)27-25(30)23(17-22-15-10-16-31-22)28-24(29)20-11-6-4-7-12-20/h4-17,19H,18H2,1-3H3,(H,27,30)(H,28,29)/b23-17-. The lowest BCUT2D eigenvalue weighted by molar-refractivity contribution is -0.118. The van der Waals surface area contributed by atoms with Crippen LogP contribution < -0.4 is 10.6 Å². The molecule has 0 aliphatic carbocycles. The Morgan fingerprint density at radius 3 is 2.23 bits per heavy atom. The van der Waals surface area contributed by atoms with E-state index in [9.17, 15) is 9.59 Å². The summed E-state index contributed by atoms with van der Waals surface area (Å²) in [4.78, 5) is 25.7. The Hall–Kier alpha value is -3.60. The summed E-state index contributed by atoms with van der Waals surface area (Å²) in [7, 11) is 0. The molecule has 0 spiro atoms. The first-order valence-electron chi connectivity index (χ1n) is 10.3. The summed E-state index contributed by atoms with van der Waals surface area (Å²) in [5, 5.41) is 5.73. The predicted molar refractivity (Wildman–Crippen MR) is 122 cm³/mol. The van der Waals surface area contributed by atoms with E-state index < -0.39 is 0 Å². The Balaban J connectivity index is 1.73. The minimum Gasteiger partial charge on any atom is -0.465 e. The Morgan fingerprint density at radius 1 is 0.968 bits per heavy atom. The molecule has 31 heavy (non-hydrogen) atoms. The van der Waals surface area contributed by atoms with Crippen molar-refractivity contribution in [3.8, 4) is 0 Å². The molecule has 0 bridgehead atoms. The van der Waals surface area contributed by atoms with Crippen molar-refractivity contribution >= 4 is 17.9 Å². The van der Waals surface area contributed by atoms with Crippen LogP contribution in [-0.4, -0.2) is 17.9 Å². The molecule has 5 nitrogen and oxygen atoms in total. The maximum atomic E-state index is 13.0. The third-order valence-corrected chi connectivity index (χ3v) is 5.11. The molecule has 1 aromatic heterocycles. The van der Waals surface area contributed by atoms with Gasteiger partial charge in [0, 0.05) is 17.7 Å². The highest BCUT2D eigenvalue weighted by atomic mass is 16.3. The van der Waals surface area contributed by atoms with Crippen molar-refractivity contribution in [1.82, 2.24) is 10.6 Å². The van der Waals surface area contributed by atoms with Crippen molar-refractivity contribution in [3.05, 3.63) is 102 Å². The van der Waals surface area contributed by atoms with Gasteiger partial charge in [-0.1, -0.05) is 62.4 Å². The van der Waals surface area contributed by atoms with Gasteiger partial charge in [-0.2, -0.15) is 0 Å². The zero-order valence-electron chi connectivity index (χ0n) is 18.1. The predicted octanol–water partition coefficient (Wildman–Crippen LogP) is 4.92. The van der Waals surface area contributed by atoms with Gasteiger partial charge in [0.15, 0.2) is 0 Å². The van der Waals surface area contributed by atoms with Crippen LogP contribution in [0.5, 0.6) is 0 Å². The second kappa shape index (κ2) is 9.94. The van der Waals surface area contributed by atoms with Crippen molar-refractivity contribution in [1.29, 1.82) is 0 Å². The molecule has 2 amide bonds. The van der Waals surface area contributed by atoms with Gasteiger partial charge in [0.2, 0.25) is 0 Å². The Labute approximate surface area is 183 Å². The van der Waals surface area contributed by atoms with Gasteiger partial charge in [0.25, 0.3) is 11.8 Å². The van der Waals surface area contributed by atoms with E-state index in [0.29, 0.717) is 11.3 Å². The van der Waals surface area contributed by atoms with E-state index >= 15 is 0 Å². The molecule has 5 heteroatoms.